The molecular weight excluding hydrogens is 156 g/mol. The maximum atomic E-state index is 11.1. The monoisotopic (exact) mass is 172 g/mol. The summed E-state index contributed by atoms with van der Waals surface area (Å²) in [7, 11) is 0. The molecule has 0 fully saturated rings. The van der Waals surface area contributed by atoms with E-state index in [0.717, 1.165) is 0 Å². The average Bonchev–Trinajstić information content (AvgIpc) is 2.00. The van der Waals surface area contributed by atoms with E-state index in [1.165, 1.54) is 6.92 Å². The molecule has 0 aromatic rings. The molecule has 3 nitrogen and oxygen atoms in total. The van der Waals surface area contributed by atoms with Crippen molar-refractivity contribution in [2.75, 3.05) is 6.61 Å². The third-order valence-electron chi connectivity index (χ3n) is 1.65. The molecule has 0 aromatic carbocycles. The van der Waals surface area contributed by atoms with E-state index in [9.17, 15) is 9.59 Å². The van der Waals surface area contributed by atoms with E-state index in [1.54, 1.807) is 6.92 Å². The smallest absolute Gasteiger partial charge is 0.309 e. The number of ketones is 1. The zero-order chi connectivity index (χ0) is 9.56. The van der Waals surface area contributed by atoms with Crippen LogP contribution in [0, 0.1) is 5.92 Å². The number of carbonyl (C=O) groups is 2. The number of ether oxygens (including phenoxy) is 1. The number of hydrogen-bond acceptors (Lipinski definition) is 3. The SMILES string of the molecule is CCOC(=O)[C@@H](CC)CC(C)=O. The second kappa shape index (κ2) is 5.75. The van der Waals surface area contributed by atoms with E-state index >= 15 is 0 Å². The molecule has 12 heavy (non-hydrogen) atoms. The fraction of sp³-hybridized carbons (Fsp3) is 0.778. The summed E-state index contributed by atoms with van der Waals surface area (Å²) in [5.74, 6) is -0.465. The van der Waals surface area contributed by atoms with E-state index < -0.39 is 0 Å². The van der Waals surface area contributed by atoms with Gasteiger partial charge in [0.2, 0.25) is 0 Å². The van der Waals surface area contributed by atoms with E-state index in [-0.39, 0.29) is 17.7 Å². The largest absolute Gasteiger partial charge is 0.466 e. The molecule has 0 rings (SSSR count). The Labute approximate surface area is 73.1 Å². The van der Waals surface area contributed by atoms with Crippen LogP contribution in [0.15, 0.2) is 0 Å². The van der Waals surface area contributed by atoms with Gasteiger partial charge in [-0.1, -0.05) is 6.92 Å². The number of rotatable bonds is 5. The maximum Gasteiger partial charge on any atom is 0.309 e. The van der Waals surface area contributed by atoms with Crippen LogP contribution in [0.1, 0.15) is 33.6 Å². The highest BCUT2D eigenvalue weighted by Gasteiger charge is 2.18. The van der Waals surface area contributed by atoms with Crippen LogP contribution in [0.3, 0.4) is 0 Å². The van der Waals surface area contributed by atoms with Crippen LogP contribution in [0.2, 0.25) is 0 Å². The summed E-state index contributed by atoms with van der Waals surface area (Å²) in [5, 5.41) is 0. The Balaban J connectivity index is 3.96. The van der Waals surface area contributed by atoms with Gasteiger partial charge in [0.05, 0.1) is 12.5 Å². The lowest BCUT2D eigenvalue weighted by molar-refractivity contribution is -0.149. The van der Waals surface area contributed by atoms with Crippen molar-refractivity contribution in [3.05, 3.63) is 0 Å². The van der Waals surface area contributed by atoms with E-state index in [2.05, 4.69) is 0 Å². The van der Waals surface area contributed by atoms with Gasteiger partial charge in [0.25, 0.3) is 0 Å². The lowest BCUT2D eigenvalue weighted by atomic mass is 10.0. The fourth-order valence-electron chi connectivity index (χ4n) is 1.00. The predicted molar refractivity (Wildman–Crippen MR) is 45.7 cm³/mol. The molecule has 0 spiro atoms. The van der Waals surface area contributed by atoms with Gasteiger partial charge >= 0.3 is 5.97 Å². The zero-order valence-electron chi connectivity index (χ0n) is 7.92. The molecule has 0 aliphatic carbocycles. The molecule has 0 unspecified atom stereocenters. The molecule has 0 aromatic heterocycles. The topological polar surface area (TPSA) is 43.4 Å². The molecule has 70 valence electrons. The van der Waals surface area contributed by atoms with Gasteiger partial charge in [0, 0.05) is 6.42 Å². The van der Waals surface area contributed by atoms with Gasteiger partial charge < -0.3 is 9.53 Å². The summed E-state index contributed by atoms with van der Waals surface area (Å²) >= 11 is 0. The standard InChI is InChI=1S/C9H16O3/c1-4-8(6-7(3)10)9(11)12-5-2/h8H,4-6H2,1-3H3/t8-/m0/s1. The molecule has 0 bridgehead atoms. The van der Waals surface area contributed by atoms with Gasteiger partial charge in [0.1, 0.15) is 5.78 Å². The van der Waals surface area contributed by atoms with Crippen molar-refractivity contribution in [3.8, 4) is 0 Å². The van der Waals surface area contributed by atoms with Crippen LogP contribution < -0.4 is 0 Å². The Morgan fingerprint density at radius 3 is 2.25 bits per heavy atom. The summed E-state index contributed by atoms with van der Waals surface area (Å²) in [4.78, 5) is 21.8. The number of esters is 1. The Bertz CT molecular complexity index is 163. The Morgan fingerprint density at radius 1 is 1.33 bits per heavy atom. The first kappa shape index (κ1) is 11.1. The summed E-state index contributed by atoms with van der Waals surface area (Å²) in [6.45, 7) is 5.51. The second-order valence-electron chi connectivity index (χ2n) is 2.76. The van der Waals surface area contributed by atoms with Gasteiger partial charge in [-0.25, -0.2) is 0 Å². The molecule has 1 atom stereocenters. The molecule has 0 saturated carbocycles. The third kappa shape index (κ3) is 4.11. The minimum absolute atomic E-state index is 0.0369. The predicted octanol–water partition coefficient (Wildman–Crippen LogP) is 1.55. The summed E-state index contributed by atoms with van der Waals surface area (Å²) < 4.78 is 4.80. The van der Waals surface area contributed by atoms with Crippen molar-refractivity contribution >= 4 is 11.8 Å². The molecule has 0 aliphatic rings. The van der Waals surface area contributed by atoms with Crippen LogP contribution in [-0.4, -0.2) is 18.4 Å². The lowest BCUT2D eigenvalue weighted by Crippen LogP contribution is -2.19. The summed E-state index contributed by atoms with van der Waals surface area (Å²) in [6.07, 6.45) is 0.966. The van der Waals surface area contributed by atoms with Crippen LogP contribution in [0.5, 0.6) is 0 Å². The van der Waals surface area contributed by atoms with Gasteiger partial charge in [-0.15, -0.1) is 0 Å². The highest BCUT2D eigenvalue weighted by atomic mass is 16.5. The van der Waals surface area contributed by atoms with Crippen LogP contribution in [0.25, 0.3) is 0 Å². The lowest BCUT2D eigenvalue weighted by Gasteiger charge is -2.10. The normalized spacial score (nSPS) is 12.2. The minimum atomic E-state index is -0.254. The van der Waals surface area contributed by atoms with Crippen molar-refractivity contribution in [1.29, 1.82) is 0 Å². The highest BCUT2D eigenvalue weighted by Crippen LogP contribution is 2.10. The third-order valence-corrected chi connectivity index (χ3v) is 1.65. The van der Waals surface area contributed by atoms with Crippen LogP contribution in [-0.2, 0) is 14.3 Å². The Morgan fingerprint density at radius 2 is 1.92 bits per heavy atom. The van der Waals surface area contributed by atoms with Crippen molar-refractivity contribution in [2.24, 2.45) is 5.92 Å². The first-order chi connectivity index (χ1) is 5.61. The molecular formula is C9H16O3. The quantitative estimate of drug-likeness (QED) is 0.591. The molecule has 0 radical (unpaired) electrons. The van der Waals surface area contributed by atoms with Gasteiger partial charge in [-0.05, 0) is 20.3 Å². The van der Waals surface area contributed by atoms with Gasteiger partial charge in [-0.2, -0.15) is 0 Å². The average molecular weight is 172 g/mol. The highest BCUT2D eigenvalue weighted by molar-refractivity contribution is 5.82. The molecule has 0 amide bonds. The summed E-state index contributed by atoms with van der Waals surface area (Å²) in [6, 6.07) is 0. The molecule has 0 aliphatic heterocycles. The van der Waals surface area contributed by atoms with Gasteiger partial charge in [0.15, 0.2) is 0 Å². The van der Waals surface area contributed by atoms with Crippen molar-refractivity contribution in [2.45, 2.75) is 33.6 Å². The van der Waals surface area contributed by atoms with Crippen molar-refractivity contribution < 1.29 is 14.3 Å². The van der Waals surface area contributed by atoms with E-state index in [0.29, 0.717) is 19.4 Å². The number of Topliss-reactive ketones (excluding diaryl/α,β-unsaturated/α-hetero) is 1. The minimum Gasteiger partial charge on any atom is -0.466 e. The Kier molecular flexibility index (Phi) is 5.34. The van der Waals surface area contributed by atoms with Crippen LogP contribution >= 0.6 is 0 Å². The van der Waals surface area contributed by atoms with Crippen molar-refractivity contribution in [1.82, 2.24) is 0 Å². The molecule has 0 heterocycles. The number of hydrogen-bond donors (Lipinski definition) is 0. The Hall–Kier alpha value is -0.860. The first-order valence-electron chi connectivity index (χ1n) is 4.27. The molecule has 0 N–H and O–H groups in total. The zero-order valence-corrected chi connectivity index (χ0v) is 7.92. The maximum absolute atomic E-state index is 11.1. The first-order valence-corrected chi connectivity index (χ1v) is 4.27. The van der Waals surface area contributed by atoms with Crippen LogP contribution in [0.4, 0.5) is 0 Å². The molecule has 3 heteroatoms. The number of carbonyl (C=O) groups excluding carboxylic acids is 2. The van der Waals surface area contributed by atoms with E-state index in [4.69, 9.17) is 4.74 Å². The molecule has 0 saturated heterocycles. The second-order valence-corrected chi connectivity index (χ2v) is 2.76. The van der Waals surface area contributed by atoms with E-state index in [1.807, 2.05) is 6.92 Å². The summed E-state index contributed by atoms with van der Waals surface area (Å²) in [5.41, 5.74) is 0. The van der Waals surface area contributed by atoms with Gasteiger partial charge in [-0.3, -0.25) is 4.79 Å². The van der Waals surface area contributed by atoms with Crippen molar-refractivity contribution in [3.63, 3.8) is 0 Å². The fourth-order valence-corrected chi connectivity index (χ4v) is 1.00.